The fraction of sp³-hybridized carbons (Fsp3) is 0.300. The van der Waals surface area contributed by atoms with Gasteiger partial charge in [0.1, 0.15) is 5.54 Å². The van der Waals surface area contributed by atoms with E-state index in [0.717, 1.165) is 9.37 Å². The maximum Gasteiger partial charge on any atom is 0.110 e. The molecule has 1 unspecified atom stereocenters. The van der Waals surface area contributed by atoms with E-state index in [1.165, 1.54) is 0 Å². The number of hydrogen-bond acceptors (Lipinski definition) is 3. The number of halogens is 1. The molecule has 1 aromatic rings. The average molecular weight is 271 g/mol. The third kappa shape index (κ3) is 3.70. The van der Waals surface area contributed by atoms with E-state index in [1.807, 2.05) is 24.3 Å². The van der Waals surface area contributed by atoms with Crippen molar-refractivity contribution in [3.63, 3.8) is 0 Å². The monoisotopic (exact) mass is 270 g/mol. The number of thioether (sulfide) groups is 1. The normalized spacial score (nSPS) is 14.4. The van der Waals surface area contributed by atoms with Crippen LogP contribution in [0.15, 0.2) is 33.6 Å². The zero-order valence-electron chi connectivity index (χ0n) is 7.83. The van der Waals surface area contributed by atoms with Crippen molar-refractivity contribution in [3.8, 4) is 6.07 Å². The molecule has 74 valence electrons. The Morgan fingerprint density at radius 2 is 2.07 bits per heavy atom. The average Bonchev–Trinajstić information content (AvgIpc) is 2.17. The van der Waals surface area contributed by atoms with Crippen molar-refractivity contribution in [2.24, 2.45) is 5.73 Å². The van der Waals surface area contributed by atoms with Gasteiger partial charge in [0, 0.05) is 15.1 Å². The Kier molecular flexibility index (Phi) is 3.99. The molecule has 0 saturated heterocycles. The fourth-order valence-corrected chi connectivity index (χ4v) is 1.92. The standard InChI is InChI=1S/C10H11BrN2S/c1-10(13,6-12)7-14-9-4-2-8(11)3-5-9/h2-5H,7,13H2,1H3. The molecule has 14 heavy (non-hydrogen) atoms. The number of rotatable bonds is 3. The topological polar surface area (TPSA) is 49.8 Å². The van der Waals surface area contributed by atoms with E-state index >= 15 is 0 Å². The lowest BCUT2D eigenvalue weighted by molar-refractivity contribution is 0.682. The molecule has 0 bridgehead atoms. The van der Waals surface area contributed by atoms with E-state index in [2.05, 4.69) is 22.0 Å². The second-order valence-electron chi connectivity index (χ2n) is 3.27. The SMILES string of the molecule is CC(N)(C#N)CSc1ccc(Br)cc1. The van der Waals surface area contributed by atoms with Crippen LogP contribution in [0.1, 0.15) is 6.92 Å². The first-order valence-corrected chi connectivity index (χ1v) is 5.90. The van der Waals surface area contributed by atoms with Crippen LogP contribution in [0, 0.1) is 11.3 Å². The second-order valence-corrected chi connectivity index (χ2v) is 5.24. The van der Waals surface area contributed by atoms with E-state index < -0.39 is 5.54 Å². The van der Waals surface area contributed by atoms with Crippen molar-refractivity contribution in [1.82, 2.24) is 0 Å². The molecule has 0 heterocycles. The van der Waals surface area contributed by atoms with Crippen LogP contribution in [-0.2, 0) is 0 Å². The molecule has 1 aromatic carbocycles. The van der Waals surface area contributed by atoms with Gasteiger partial charge in [0.25, 0.3) is 0 Å². The third-order valence-corrected chi connectivity index (χ3v) is 3.49. The first-order valence-electron chi connectivity index (χ1n) is 4.12. The van der Waals surface area contributed by atoms with Gasteiger partial charge < -0.3 is 5.73 Å². The highest BCUT2D eigenvalue weighted by Gasteiger charge is 2.16. The summed E-state index contributed by atoms with van der Waals surface area (Å²) in [5.41, 5.74) is 4.95. The van der Waals surface area contributed by atoms with Crippen molar-refractivity contribution < 1.29 is 0 Å². The van der Waals surface area contributed by atoms with Gasteiger partial charge in [-0.1, -0.05) is 15.9 Å². The van der Waals surface area contributed by atoms with Crippen molar-refractivity contribution in [2.75, 3.05) is 5.75 Å². The summed E-state index contributed by atoms with van der Waals surface area (Å²) in [6, 6.07) is 10.0. The lowest BCUT2D eigenvalue weighted by atomic mass is 10.1. The van der Waals surface area contributed by atoms with Gasteiger partial charge in [-0.2, -0.15) is 5.26 Å². The predicted molar refractivity (Wildman–Crippen MR) is 63.1 cm³/mol. The van der Waals surface area contributed by atoms with Gasteiger partial charge in [0.15, 0.2) is 0 Å². The Bertz CT molecular complexity index is 340. The first-order chi connectivity index (χ1) is 6.53. The van der Waals surface area contributed by atoms with Gasteiger partial charge >= 0.3 is 0 Å². The van der Waals surface area contributed by atoms with Crippen LogP contribution in [0.2, 0.25) is 0 Å². The molecule has 0 aliphatic carbocycles. The molecule has 2 nitrogen and oxygen atoms in total. The van der Waals surface area contributed by atoms with E-state index in [9.17, 15) is 0 Å². The Balaban J connectivity index is 2.55. The minimum atomic E-state index is -0.752. The minimum absolute atomic E-state index is 0.602. The Morgan fingerprint density at radius 1 is 1.50 bits per heavy atom. The lowest BCUT2D eigenvalue weighted by Gasteiger charge is -2.13. The van der Waals surface area contributed by atoms with Crippen molar-refractivity contribution >= 4 is 27.7 Å². The molecule has 0 amide bonds. The van der Waals surface area contributed by atoms with Crippen LogP contribution < -0.4 is 5.73 Å². The summed E-state index contributed by atoms with van der Waals surface area (Å²) in [4.78, 5) is 1.13. The number of hydrogen-bond donors (Lipinski definition) is 1. The highest BCUT2D eigenvalue weighted by molar-refractivity contribution is 9.10. The van der Waals surface area contributed by atoms with Crippen LogP contribution in [-0.4, -0.2) is 11.3 Å². The molecule has 0 radical (unpaired) electrons. The highest BCUT2D eigenvalue weighted by atomic mass is 79.9. The zero-order chi connectivity index (χ0) is 10.6. The van der Waals surface area contributed by atoms with Gasteiger partial charge in [0.2, 0.25) is 0 Å². The number of nitrogens with two attached hydrogens (primary N) is 1. The summed E-state index contributed by atoms with van der Waals surface area (Å²) in [6.07, 6.45) is 0. The number of nitrogens with zero attached hydrogens (tertiary/aromatic N) is 1. The van der Waals surface area contributed by atoms with E-state index in [1.54, 1.807) is 18.7 Å². The third-order valence-electron chi connectivity index (χ3n) is 1.61. The fourth-order valence-electron chi connectivity index (χ4n) is 0.796. The molecular formula is C10H11BrN2S. The second kappa shape index (κ2) is 4.83. The maximum absolute atomic E-state index is 8.72. The number of nitriles is 1. The summed E-state index contributed by atoms with van der Waals surface area (Å²) < 4.78 is 1.05. The molecule has 2 N–H and O–H groups in total. The van der Waals surface area contributed by atoms with Crippen molar-refractivity contribution in [2.45, 2.75) is 17.4 Å². The van der Waals surface area contributed by atoms with Crippen LogP contribution in [0.5, 0.6) is 0 Å². The van der Waals surface area contributed by atoms with Gasteiger partial charge in [0.05, 0.1) is 6.07 Å². The lowest BCUT2D eigenvalue weighted by Crippen LogP contribution is -2.36. The summed E-state index contributed by atoms with van der Waals surface area (Å²) in [5, 5.41) is 8.72. The quantitative estimate of drug-likeness (QED) is 0.860. The van der Waals surface area contributed by atoms with Gasteiger partial charge in [-0.15, -0.1) is 11.8 Å². The molecule has 1 rings (SSSR count). The van der Waals surface area contributed by atoms with E-state index in [0.29, 0.717) is 5.75 Å². The van der Waals surface area contributed by atoms with Crippen LogP contribution in [0.4, 0.5) is 0 Å². The van der Waals surface area contributed by atoms with E-state index in [4.69, 9.17) is 11.0 Å². The van der Waals surface area contributed by atoms with Crippen LogP contribution in [0.25, 0.3) is 0 Å². The van der Waals surface area contributed by atoms with Gasteiger partial charge in [-0.05, 0) is 31.2 Å². The molecule has 0 aromatic heterocycles. The van der Waals surface area contributed by atoms with Crippen molar-refractivity contribution in [3.05, 3.63) is 28.7 Å². The molecule has 4 heteroatoms. The Labute approximate surface area is 96.6 Å². The Hall–Kier alpha value is -0.500. The molecule has 0 saturated carbocycles. The predicted octanol–water partition coefficient (Wildman–Crippen LogP) is 2.78. The smallest absolute Gasteiger partial charge is 0.110 e. The largest absolute Gasteiger partial charge is 0.313 e. The molecule has 0 spiro atoms. The molecule has 1 atom stereocenters. The van der Waals surface area contributed by atoms with Gasteiger partial charge in [-0.25, -0.2) is 0 Å². The molecule has 0 aliphatic rings. The molecular weight excluding hydrogens is 260 g/mol. The Morgan fingerprint density at radius 3 is 2.57 bits per heavy atom. The first kappa shape index (κ1) is 11.6. The van der Waals surface area contributed by atoms with Crippen LogP contribution in [0.3, 0.4) is 0 Å². The van der Waals surface area contributed by atoms with Gasteiger partial charge in [-0.3, -0.25) is 0 Å². The van der Waals surface area contributed by atoms with E-state index in [-0.39, 0.29) is 0 Å². The zero-order valence-corrected chi connectivity index (χ0v) is 10.2. The summed E-state index contributed by atoms with van der Waals surface area (Å²) in [5.74, 6) is 0.602. The number of benzene rings is 1. The molecule has 0 fully saturated rings. The highest BCUT2D eigenvalue weighted by Crippen LogP contribution is 2.23. The minimum Gasteiger partial charge on any atom is -0.313 e. The van der Waals surface area contributed by atoms with Crippen molar-refractivity contribution in [1.29, 1.82) is 5.26 Å². The molecule has 0 aliphatic heterocycles. The summed E-state index contributed by atoms with van der Waals surface area (Å²) in [6.45, 7) is 1.73. The summed E-state index contributed by atoms with van der Waals surface area (Å²) >= 11 is 4.96. The summed E-state index contributed by atoms with van der Waals surface area (Å²) in [7, 11) is 0. The van der Waals surface area contributed by atoms with Crippen LogP contribution >= 0.6 is 27.7 Å². The maximum atomic E-state index is 8.72.